The van der Waals surface area contributed by atoms with Crippen molar-refractivity contribution in [3.63, 3.8) is 0 Å². The lowest BCUT2D eigenvalue weighted by molar-refractivity contribution is -0.145. The smallest absolute Gasteiger partial charge is 0.338 e. The second-order valence-electron chi connectivity index (χ2n) is 7.29. The highest BCUT2D eigenvalue weighted by Gasteiger charge is 2.49. The maximum atomic E-state index is 14.7. The van der Waals surface area contributed by atoms with Crippen molar-refractivity contribution in [2.24, 2.45) is 5.92 Å². The zero-order valence-corrected chi connectivity index (χ0v) is 16.7. The Labute approximate surface area is 167 Å². The predicted molar refractivity (Wildman–Crippen MR) is 101 cm³/mol. The highest BCUT2D eigenvalue weighted by atomic mass is 19.3. The molecule has 156 valence electrons. The molecule has 1 heterocycles. The van der Waals surface area contributed by atoms with E-state index in [2.05, 4.69) is 5.10 Å². The van der Waals surface area contributed by atoms with Gasteiger partial charge in [0.05, 0.1) is 24.3 Å². The number of benzene rings is 1. The minimum absolute atomic E-state index is 0.120. The fourth-order valence-electron chi connectivity index (χ4n) is 3.59. The van der Waals surface area contributed by atoms with E-state index in [1.54, 1.807) is 36.7 Å². The molecule has 0 saturated heterocycles. The van der Waals surface area contributed by atoms with Crippen molar-refractivity contribution in [1.29, 1.82) is 0 Å². The summed E-state index contributed by atoms with van der Waals surface area (Å²) in [5.74, 6) is -4.65. The maximum absolute atomic E-state index is 14.7. The van der Waals surface area contributed by atoms with Gasteiger partial charge in [0.25, 0.3) is 5.92 Å². The van der Waals surface area contributed by atoms with Crippen LogP contribution in [0.15, 0.2) is 30.3 Å². The van der Waals surface area contributed by atoms with Crippen LogP contribution in [0.1, 0.15) is 53.2 Å². The van der Waals surface area contributed by atoms with Crippen LogP contribution in [0.25, 0.3) is 0 Å². The van der Waals surface area contributed by atoms with Gasteiger partial charge in [-0.25, -0.2) is 13.6 Å². The Kier molecular flexibility index (Phi) is 6.00. The number of alkyl halides is 2. The summed E-state index contributed by atoms with van der Waals surface area (Å²) in [5.41, 5.74) is 1.50. The third-order valence-electron chi connectivity index (χ3n) is 5.24. The first-order chi connectivity index (χ1) is 13.7. The number of aryl methyl sites for hydroxylation is 2. The molecule has 0 bridgehead atoms. The van der Waals surface area contributed by atoms with Gasteiger partial charge in [-0.05, 0) is 31.9 Å². The molecular weight excluding hydrogens is 382 g/mol. The van der Waals surface area contributed by atoms with Crippen molar-refractivity contribution in [2.75, 3.05) is 7.11 Å². The Morgan fingerprint density at radius 2 is 2.00 bits per heavy atom. The molecule has 0 N–H and O–H groups in total. The maximum Gasteiger partial charge on any atom is 0.338 e. The van der Waals surface area contributed by atoms with Crippen LogP contribution in [-0.4, -0.2) is 34.8 Å². The van der Waals surface area contributed by atoms with Gasteiger partial charge in [0.1, 0.15) is 0 Å². The van der Waals surface area contributed by atoms with E-state index in [1.165, 1.54) is 19.2 Å². The summed E-state index contributed by atoms with van der Waals surface area (Å²) in [6.07, 6.45) is -1.55. The molecule has 0 amide bonds. The topological polar surface area (TPSA) is 70.4 Å². The number of methoxy groups -OCH3 is 1. The van der Waals surface area contributed by atoms with Crippen LogP contribution >= 0.6 is 0 Å². The lowest BCUT2D eigenvalue weighted by Crippen LogP contribution is -2.35. The largest absolute Gasteiger partial charge is 0.469 e. The summed E-state index contributed by atoms with van der Waals surface area (Å²) in [6, 6.07) is 8.07. The Balaban J connectivity index is 1.86. The molecule has 6 nitrogen and oxygen atoms in total. The van der Waals surface area contributed by atoms with E-state index in [0.29, 0.717) is 24.4 Å². The lowest BCUT2D eigenvalue weighted by Gasteiger charge is -2.31. The van der Waals surface area contributed by atoms with Crippen LogP contribution in [0.2, 0.25) is 0 Å². The molecule has 0 fully saturated rings. The van der Waals surface area contributed by atoms with Crippen molar-refractivity contribution in [1.82, 2.24) is 9.78 Å². The Morgan fingerprint density at radius 3 is 2.66 bits per heavy atom. The number of hydrogen-bond donors (Lipinski definition) is 0. The van der Waals surface area contributed by atoms with Gasteiger partial charge in [-0.3, -0.25) is 9.48 Å². The molecule has 0 radical (unpaired) electrons. The summed E-state index contributed by atoms with van der Waals surface area (Å²) >= 11 is 0. The van der Waals surface area contributed by atoms with Crippen LogP contribution in [0.5, 0.6) is 0 Å². The standard InChI is InChI=1S/C21H24F2N2O4/c1-13(19(26)28-3)10-12-25-16-9-11-21(22,23)18(17(16)14(2)24-25)29-20(27)15-7-5-4-6-8-15/h4-8,13,18H,9-12H2,1-3H3/t13?,18-/m0/s1. The fraction of sp³-hybridized carbons (Fsp3) is 0.476. The predicted octanol–water partition coefficient (Wildman–Crippen LogP) is 3.87. The number of esters is 2. The molecule has 3 rings (SSSR count). The van der Waals surface area contributed by atoms with Crippen molar-refractivity contribution in [3.05, 3.63) is 52.8 Å². The Hall–Kier alpha value is -2.77. The minimum atomic E-state index is -3.19. The molecule has 1 aromatic heterocycles. The summed E-state index contributed by atoms with van der Waals surface area (Å²) in [7, 11) is 1.33. The third kappa shape index (κ3) is 4.31. The third-order valence-corrected chi connectivity index (χ3v) is 5.24. The molecule has 0 spiro atoms. The van der Waals surface area contributed by atoms with Crippen LogP contribution in [0.3, 0.4) is 0 Å². The summed E-state index contributed by atoms with van der Waals surface area (Å²) in [4.78, 5) is 24.0. The van der Waals surface area contributed by atoms with Gasteiger partial charge in [0, 0.05) is 24.2 Å². The summed E-state index contributed by atoms with van der Waals surface area (Å²) in [6.45, 7) is 3.76. The van der Waals surface area contributed by atoms with Gasteiger partial charge < -0.3 is 9.47 Å². The van der Waals surface area contributed by atoms with Crippen LogP contribution in [0.4, 0.5) is 8.78 Å². The molecule has 29 heavy (non-hydrogen) atoms. The molecular formula is C21H24F2N2O4. The van der Waals surface area contributed by atoms with Crippen molar-refractivity contribution >= 4 is 11.9 Å². The Bertz CT molecular complexity index is 896. The van der Waals surface area contributed by atoms with Crippen LogP contribution < -0.4 is 0 Å². The van der Waals surface area contributed by atoms with Gasteiger partial charge in [-0.2, -0.15) is 5.10 Å². The van der Waals surface area contributed by atoms with Gasteiger partial charge in [0.2, 0.25) is 0 Å². The number of halogens is 2. The van der Waals surface area contributed by atoms with Gasteiger partial charge >= 0.3 is 11.9 Å². The monoisotopic (exact) mass is 406 g/mol. The quantitative estimate of drug-likeness (QED) is 0.681. The molecule has 1 aliphatic carbocycles. The molecule has 1 aliphatic rings. The summed E-state index contributed by atoms with van der Waals surface area (Å²) in [5, 5.41) is 4.39. The van der Waals surface area contributed by atoms with Crippen molar-refractivity contribution in [2.45, 2.75) is 51.7 Å². The highest BCUT2D eigenvalue weighted by Crippen LogP contribution is 2.45. The van der Waals surface area contributed by atoms with E-state index in [1.807, 2.05) is 0 Å². The molecule has 0 saturated carbocycles. The fourth-order valence-corrected chi connectivity index (χ4v) is 3.59. The SMILES string of the molecule is COC(=O)C(C)CCn1nc(C)c2c1CCC(F)(F)[C@H]2OC(=O)c1ccccc1. The highest BCUT2D eigenvalue weighted by molar-refractivity contribution is 5.89. The van der Waals surface area contributed by atoms with E-state index >= 15 is 0 Å². The number of nitrogens with zero attached hydrogens (tertiary/aromatic N) is 2. The van der Waals surface area contributed by atoms with Crippen molar-refractivity contribution in [3.8, 4) is 0 Å². The normalized spacial score (nSPS) is 18.6. The zero-order chi connectivity index (χ0) is 21.2. The minimum Gasteiger partial charge on any atom is -0.469 e. The summed E-state index contributed by atoms with van der Waals surface area (Å²) < 4.78 is 41.0. The average Bonchev–Trinajstić information content (AvgIpc) is 3.03. The number of fused-ring (bicyclic) bond motifs is 1. The average molecular weight is 406 g/mol. The first kappa shape index (κ1) is 21.0. The van der Waals surface area contributed by atoms with Gasteiger partial charge in [-0.15, -0.1) is 0 Å². The number of hydrogen-bond acceptors (Lipinski definition) is 5. The molecule has 1 aromatic carbocycles. The van der Waals surface area contributed by atoms with E-state index in [4.69, 9.17) is 9.47 Å². The Morgan fingerprint density at radius 1 is 1.31 bits per heavy atom. The van der Waals surface area contributed by atoms with Crippen LogP contribution in [0, 0.1) is 12.8 Å². The molecule has 2 atom stereocenters. The first-order valence-corrected chi connectivity index (χ1v) is 9.52. The van der Waals surface area contributed by atoms with Gasteiger partial charge in [-0.1, -0.05) is 25.1 Å². The van der Waals surface area contributed by atoms with E-state index in [-0.39, 0.29) is 29.4 Å². The molecule has 1 unspecified atom stereocenters. The number of carbonyl (C=O) groups is 2. The number of rotatable bonds is 6. The van der Waals surface area contributed by atoms with Crippen molar-refractivity contribution < 1.29 is 27.8 Å². The number of carbonyl (C=O) groups excluding carboxylic acids is 2. The molecule has 8 heteroatoms. The number of ether oxygens (including phenoxy) is 2. The lowest BCUT2D eigenvalue weighted by atomic mass is 9.89. The van der Waals surface area contributed by atoms with Crippen LogP contribution in [-0.2, 0) is 27.2 Å². The van der Waals surface area contributed by atoms with E-state index in [0.717, 1.165) is 0 Å². The van der Waals surface area contributed by atoms with E-state index < -0.39 is 24.4 Å². The second kappa shape index (κ2) is 8.31. The second-order valence-corrected chi connectivity index (χ2v) is 7.29. The van der Waals surface area contributed by atoms with E-state index in [9.17, 15) is 18.4 Å². The molecule has 2 aromatic rings. The number of aromatic nitrogens is 2. The van der Waals surface area contributed by atoms with Gasteiger partial charge in [0.15, 0.2) is 6.10 Å². The molecule has 0 aliphatic heterocycles. The first-order valence-electron chi connectivity index (χ1n) is 9.52. The zero-order valence-electron chi connectivity index (χ0n) is 16.7.